The molecule has 1 amide bonds. The van der Waals surface area contributed by atoms with Gasteiger partial charge in [-0.2, -0.15) is 0 Å². The molecule has 3 aromatic rings. The van der Waals surface area contributed by atoms with Gasteiger partial charge in [0.2, 0.25) is 5.95 Å². The second-order valence-electron chi connectivity index (χ2n) is 5.41. The summed E-state index contributed by atoms with van der Waals surface area (Å²) in [5, 5.41) is 5.90. The van der Waals surface area contributed by atoms with Crippen molar-refractivity contribution in [3.8, 4) is 5.75 Å². The Labute approximate surface area is 145 Å². The number of hydrogen-bond donors (Lipinski definition) is 2. The first kappa shape index (κ1) is 16.4. The zero-order valence-electron chi connectivity index (χ0n) is 14.0. The first-order valence-corrected chi connectivity index (χ1v) is 7.77. The van der Waals surface area contributed by atoms with Gasteiger partial charge in [-0.05, 0) is 42.8 Å². The van der Waals surface area contributed by atoms with Crippen LogP contribution in [0.4, 0.5) is 17.3 Å². The Morgan fingerprint density at radius 2 is 1.92 bits per heavy atom. The van der Waals surface area contributed by atoms with Gasteiger partial charge in [0.25, 0.3) is 5.91 Å². The number of carbonyl (C=O) groups is 1. The normalized spacial score (nSPS) is 10.2. The van der Waals surface area contributed by atoms with Crippen molar-refractivity contribution in [1.29, 1.82) is 0 Å². The lowest BCUT2D eigenvalue weighted by Gasteiger charge is -2.10. The van der Waals surface area contributed by atoms with E-state index in [9.17, 15) is 4.79 Å². The van der Waals surface area contributed by atoms with Gasteiger partial charge < -0.3 is 15.4 Å². The van der Waals surface area contributed by atoms with Crippen molar-refractivity contribution < 1.29 is 9.53 Å². The number of aryl methyl sites for hydroxylation is 1. The van der Waals surface area contributed by atoms with Crippen LogP contribution in [0.2, 0.25) is 0 Å². The van der Waals surface area contributed by atoms with E-state index < -0.39 is 0 Å². The number of benzene rings is 2. The summed E-state index contributed by atoms with van der Waals surface area (Å²) >= 11 is 0. The van der Waals surface area contributed by atoms with Crippen molar-refractivity contribution in [2.24, 2.45) is 0 Å². The van der Waals surface area contributed by atoms with Crippen molar-refractivity contribution in [3.63, 3.8) is 0 Å². The number of para-hydroxylation sites is 2. The van der Waals surface area contributed by atoms with Crippen LogP contribution in [0, 0.1) is 6.92 Å². The van der Waals surface area contributed by atoms with E-state index in [-0.39, 0.29) is 11.6 Å². The van der Waals surface area contributed by atoms with Crippen LogP contribution in [0.5, 0.6) is 5.75 Å². The predicted octanol–water partition coefficient (Wildman–Crippen LogP) is 3.79. The van der Waals surface area contributed by atoms with Gasteiger partial charge in [0.15, 0.2) is 0 Å². The number of carbonyl (C=O) groups excluding carboxylic acids is 1. The molecule has 6 nitrogen and oxygen atoms in total. The van der Waals surface area contributed by atoms with Crippen LogP contribution < -0.4 is 15.4 Å². The van der Waals surface area contributed by atoms with Gasteiger partial charge in [0.1, 0.15) is 11.4 Å². The molecule has 0 saturated heterocycles. The topological polar surface area (TPSA) is 76.1 Å². The lowest BCUT2D eigenvalue weighted by atomic mass is 10.2. The zero-order valence-corrected chi connectivity index (χ0v) is 14.0. The molecule has 1 heterocycles. The highest BCUT2D eigenvalue weighted by atomic mass is 16.5. The number of nitrogens with zero attached hydrogens (tertiary/aromatic N) is 2. The van der Waals surface area contributed by atoms with Gasteiger partial charge in [-0.15, -0.1) is 0 Å². The zero-order chi connectivity index (χ0) is 17.6. The van der Waals surface area contributed by atoms with Crippen molar-refractivity contribution >= 4 is 23.2 Å². The van der Waals surface area contributed by atoms with Crippen molar-refractivity contribution in [3.05, 3.63) is 72.1 Å². The lowest BCUT2D eigenvalue weighted by molar-refractivity contribution is 0.102. The van der Waals surface area contributed by atoms with Crippen LogP contribution in [0.15, 0.2) is 60.8 Å². The van der Waals surface area contributed by atoms with Crippen LogP contribution >= 0.6 is 0 Å². The van der Waals surface area contributed by atoms with E-state index in [1.165, 1.54) is 0 Å². The first-order chi connectivity index (χ1) is 12.2. The molecule has 0 aliphatic heterocycles. The fourth-order valence-electron chi connectivity index (χ4n) is 2.33. The van der Waals surface area contributed by atoms with E-state index in [1.54, 1.807) is 31.5 Å². The molecule has 126 valence electrons. The van der Waals surface area contributed by atoms with E-state index in [2.05, 4.69) is 20.6 Å². The van der Waals surface area contributed by atoms with Gasteiger partial charge >= 0.3 is 0 Å². The smallest absolute Gasteiger partial charge is 0.274 e. The highest BCUT2D eigenvalue weighted by Gasteiger charge is 2.12. The monoisotopic (exact) mass is 334 g/mol. The summed E-state index contributed by atoms with van der Waals surface area (Å²) in [7, 11) is 1.56. The Bertz CT molecular complexity index is 896. The minimum atomic E-state index is -0.334. The second kappa shape index (κ2) is 7.44. The quantitative estimate of drug-likeness (QED) is 0.742. The molecule has 2 N–H and O–H groups in total. The van der Waals surface area contributed by atoms with E-state index >= 15 is 0 Å². The van der Waals surface area contributed by atoms with E-state index in [0.29, 0.717) is 17.4 Å². The third-order valence-electron chi connectivity index (χ3n) is 3.52. The minimum absolute atomic E-state index is 0.260. The summed E-state index contributed by atoms with van der Waals surface area (Å²) in [6, 6.07) is 16.6. The highest BCUT2D eigenvalue weighted by Crippen LogP contribution is 2.23. The fourth-order valence-corrected chi connectivity index (χ4v) is 2.33. The van der Waals surface area contributed by atoms with Crippen LogP contribution in [-0.4, -0.2) is 23.0 Å². The number of nitrogens with one attached hydrogen (secondary N) is 2. The van der Waals surface area contributed by atoms with E-state index in [4.69, 9.17) is 4.74 Å². The van der Waals surface area contributed by atoms with Crippen LogP contribution in [0.25, 0.3) is 0 Å². The van der Waals surface area contributed by atoms with Crippen molar-refractivity contribution in [2.45, 2.75) is 6.92 Å². The molecule has 3 rings (SSSR count). The number of ether oxygens (including phenoxy) is 1. The fraction of sp³-hybridized carbons (Fsp3) is 0.105. The molecular weight excluding hydrogens is 316 g/mol. The SMILES string of the molecule is COc1ccccc1NC(=O)c1ccnc(Nc2cccc(C)c2)n1. The maximum atomic E-state index is 12.5. The third kappa shape index (κ3) is 4.11. The third-order valence-corrected chi connectivity index (χ3v) is 3.52. The highest BCUT2D eigenvalue weighted by molar-refractivity contribution is 6.03. The number of aromatic nitrogens is 2. The van der Waals surface area contributed by atoms with Crippen molar-refractivity contribution in [2.75, 3.05) is 17.7 Å². The maximum Gasteiger partial charge on any atom is 0.274 e. The molecule has 1 aromatic heterocycles. The summed E-state index contributed by atoms with van der Waals surface area (Å²) < 4.78 is 5.24. The summed E-state index contributed by atoms with van der Waals surface area (Å²) in [6.45, 7) is 2.00. The van der Waals surface area contributed by atoms with Gasteiger partial charge in [0.05, 0.1) is 12.8 Å². The molecule has 0 atom stereocenters. The average Bonchev–Trinajstić information content (AvgIpc) is 2.62. The summed E-state index contributed by atoms with van der Waals surface area (Å²) in [6.07, 6.45) is 1.54. The molecule has 0 fully saturated rings. The summed E-state index contributed by atoms with van der Waals surface area (Å²) in [5.74, 6) is 0.612. The molecular formula is C19H18N4O2. The number of methoxy groups -OCH3 is 1. The van der Waals surface area contributed by atoms with Gasteiger partial charge in [-0.3, -0.25) is 4.79 Å². The summed E-state index contributed by atoms with van der Waals surface area (Å²) in [4.78, 5) is 20.9. The Balaban J connectivity index is 1.77. The molecule has 0 unspecified atom stereocenters. The Hall–Kier alpha value is -3.41. The summed E-state index contributed by atoms with van der Waals surface area (Å²) in [5.41, 5.74) is 2.83. The molecule has 0 bridgehead atoms. The molecule has 6 heteroatoms. The lowest BCUT2D eigenvalue weighted by Crippen LogP contribution is -2.15. The minimum Gasteiger partial charge on any atom is -0.495 e. The number of rotatable bonds is 5. The van der Waals surface area contributed by atoms with Crippen LogP contribution in [0.3, 0.4) is 0 Å². The molecule has 0 aliphatic rings. The Morgan fingerprint density at radius 3 is 2.72 bits per heavy atom. The largest absolute Gasteiger partial charge is 0.495 e. The second-order valence-corrected chi connectivity index (χ2v) is 5.41. The molecule has 0 spiro atoms. The standard InChI is InChI=1S/C19H18N4O2/c1-13-6-5-7-14(12-13)21-19-20-11-10-16(23-19)18(24)22-15-8-3-4-9-17(15)25-2/h3-12H,1-2H3,(H,22,24)(H,20,21,23). The number of amides is 1. The average molecular weight is 334 g/mol. The molecule has 0 saturated carbocycles. The molecule has 25 heavy (non-hydrogen) atoms. The van der Waals surface area contributed by atoms with Crippen molar-refractivity contribution in [1.82, 2.24) is 9.97 Å². The first-order valence-electron chi connectivity index (χ1n) is 7.77. The number of anilines is 3. The van der Waals surface area contributed by atoms with Gasteiger partial charge in [-0.25, -0.2) is 9.97 Å². The van der Waals surface area contributed by atoms with Gasteiger partial charge in [-0.1, -0.05) is 24.3 Å². The van der Waals surface area contributed by atoms with E-state index in [1.807, 2.05) is 43.3 Å². The van der Waals surface area contributed by atoms with Crippen LogP contribution in [0.1, 0.15) is 16.1 Å². The molecule has 0 aliphatic carbocycles. The van der Waals surface area contributed by atoms with E-state index in [0.717, 1.165) is 11.3 Å². The molecule has 0 radical (unpaired) electrons. The Kier molecular flexibility index (Phi) is 4.89. The predicted molar refractivity (Wildman–Crippen MR) is 97.4 cm³/mol. The van der Waals surface area contributed by atoms with Gasteiger partial charge in [0, 0.05) is 11.9 Å². The molecule has 2 aromatic carbocycles. The number of hydrogen-bond acceptors (Lipinski definition) is 5. The Morgan fingerprint density at radius 1 is 1.08 bits per heavy atom. The van der Waals surface area contributed by atoms with Crippen LogP contribution in [-0.2, 0) is 0 Å². The maximum absolute atomic E-state index is 12.5.